The second-order valence-electron chi connectivity index (χ2n) is 2.34. The predicted molar refractivity (Wildman–Crippen MR) is 59.4 cm³/mol. The Hall–Kier alpha value is -1.31. The molecule has 1 aromatic heterocycles. The van der Waals surface area contributed by atoms with Crippen molar-refractivity contribution in [1.82, 2.24) is 9.78 Å². The maximum absolute atomic E-state index is 4.13. The predicted octanol–water partition coefficient (Wildman–Crippen LogP) is 3.35. The lowest BCUT2D eigenvalue weighted by molar-refractivity contribution is 0.923. The fourth-order valence-electron chi connectivity index (χ4n) is 0.972. The van der Waals surface area contributed by atoms with Crippen LogP contribution in [0.2, 0.25) is 0 Å². The van der Waals surface area contributed by atoms with Gasteiger partial charge in [-0.05, 0) is 25.5 Å². The molecule has 0 atom stereocenters. The van der Waals surface area contributed by atoms with Crippen LogP contribution in [0.4, 0.5) is 0 Å². The summed E-state index contributed by atoms with van der Waals surface area (Å²) in [5.74, 6) is 0. The second-order valence-corrected chi connectivity index (χ2v) is 2.34. The lowest BCUT2D eigenvalue weighted by atomic mass is 10.3. The lowest BCUT2D eigenvalue weighted by Crippen LogP contribution is -1.90. The number of allylic oxidation sites excluding steroid dienone is 1. The zero-order chi connectivity index (χ0) is 10.3. The highest BCUT2D eigenvalue weighted by Gasteiger charge is 1.98. The molecule has 0 N–H and O–H groups in total. The van der Waals surface area contributed by atoms with Gasteiger partial charge in [-0.2, -0.15) is 5.10 Å². The average Bonchev–Trinajstić information content (AvgIpc) is 2.51. The van der Waals surface area contributed by atoms with Gasteiger partial charge in [0.1, 0.15) is 0 Å². The van der Waals surface area contributed by atoms with E-state index >= 15 is 0 Å². The van der Waals surface area contributed by atoms with Crippen LogP contribution in [0.3, 0.4) is 0 Å². The summed E-state index contributed by atoms with van der Waals surface area (Å²) >= 11 is 0. The number of nitrogens with zero attached hydrogens (tertiary/aromatic N) is 2. The van der Waals surface area contributed by atoms with E-state index in [0.29, 0.717) is 0 Å². The first-order valence-electron chi connectivity index (χ1n) is 4.59. The Labute approximate surface area is 80.6 Å². The molecule has 0 aliphatic heterocycles. The highest BCUT2D eigenvalue weighted by atomic mass is 15.3. The Morgan fingerprint density at radius 3 is 2.54 bits per heavy atom. The summed E-state index contributed by atoms with van der Waals surface area (Å²) in [7, 11) is 0. The molecule has 1 rings (SSSR count). The van der Waals surface area contributed by atoms with Gasteiger partial charge in [-0.25, -0.2) is 4.68 Å². The van der Waals surface area contributed by atoms with Gasteiger partial charge in [0.2, 0.25) is 0 Å². The lowest BCUT2D eigenvalue weighted by Gasteiger charge is -1.95. The molecule has 2 heteroatoms. The van der Waals surface area contributed by atoms with Crippen LogP contribution in [0.1, 0.15) is 32.0 Å². The van der Waals surface area contributed by atoms with Gasteiger partial charge in [-0.3, -0.25) is 0 Å². The third-order valence-corrected chi connectivity index (χ3v) is 1.51. The maximum atomic E-state index is 4.13. The molecule has 0 saturated carbocycles. The third-order valence-electron chi connectivity index (χ3n) is 1.51. The van der Waals surface area contributed by atoms with Crippen LogP contribution < -0.4 is 0 Å². The van der Waals surface area contributed by atoms with E-state index in [1.807, 2.05) is 56.9 Å². The van der Waals surface area contributed by atoms with Crippen molar-refractivity contribution in [3.05, 3.63) is 30.1 Å². The van der Waals surface area contributed by atoms with Crippen LogP contribution in [-0.4, -0.2) is 9.78 Å². The third kappa shape index (κ3) is 2.90. The first-order chi connectivity index (χ1) is 6.29. The van der Waals surface area contributed by atoms with Crippen molar-refractivity contribution in [2.45, 2.75) is 27.7 Å². The molecule has 0 aliphatic carbocycles. The molecule has 1 heterocycles. The van der Waals surface area contributed by atoms with E-state index in [0.717, 1.165) is 11.3 Å². The molecule has 13 heavy (non-hydrogen) atoms. The molecular weight excluding hydrogens is 160 g/mol. The maximum Gasteiger partial charge on any atom is 0.0684 e. The smallest absolute Gasteiger partial charge is 0.0684 e. The van der Waals surface area contributed by atoms with Crippen LogP contribution in [0, 0.1) is 6.92 Å². The summed E-state index contributed by atoms with van der Waals surface area (Å²) in [5.41, 5.74) is 2.21. The monoisotopic (exact) mass is 178 g/mol. The average molecular weight is 178 g/mol. The van der Waals surface area contributed by atoms with E-state index in [1.54, 1.807) is 0 Å². The van der Waals surface area contributed by atoms with Crippen LogP contribution in [0.25, 0.3) is 12.3 Å². The fourth-order valence-corrected chi connectivity index (χ4v) is 0.972. The van der Waals surface area contributed by atoms with Crippen molar-refractivity contribution in [1.29, 1.82) is 0 Å². The molecule has 0 saturated heterocycles. The van der Waals surface area contributed by atoms with Gasteiger partial charge >= 0.3 is 0 Å². The van der Waals surface area contributed by atoms with Gasteiger partial charge in [0.25, 0.3) is 0 Å². The van der Waals surface area contributed by atoms with Crippen molar-refractivity contribution in [2.24, 2.45) is 0 Å². The van der Waals surface area contributed by atoms with E-state index in [1.165, 1.54) is 0 Å². The standard InChI is InChI=1S/C9H12N2.C2H6/c1-4-6-11-9(5-2)8(3)7-10-11;1-2/h4-7H,2H2,1,3H3;1-2H3/b6-4-;. The number of hydrogen-bond acceptors (Lipinski definition) is 1. The van der Waals surface area contributed by atoms with Crippen LogP contribution >= 0.6 is 0 Å². The largest absolute Gasteiger partial charge is 0.241 e. The molecule has 0 bridgehead atoms. The Kier molecular flexibility index (Phi) is 5.60. The van der Waals surface area contributed by atoms with Crippen molar-refractivity contribution >= 4 is 12.3 Å². The quantitative estimate of drug-likeness (QED) is 0.679. The normalized spacial score (nSPS) is 9.54. The summed E-state index contributed by atoms with van der Waals surface area (Å²) in [6.45, 7) is 11.7. The van der Waals surface area contributed by atoms with Crippen LogP contribution in [0.5, 0.6) is 0 Å². The first kappa shape index (κ1) is 11.7. The summed E-state index contributed by atoms with van der Waals surface area (Å²) in [6.07, 6.45) is 7.49. The zero-order valence-corrected chi connectivity index (χ0v) is 8.91. The van der Waals surface area contributed by atoms with Gasteiger partial charge in [0.05, 0.1) is 11.9 Å². The Bertz CT molecular complexity index is 282. The molecule has 2 nitrogen and oxygen atoms in total. The molecule has 0 spiro atoms. The molecular formula is C11H18N2. The van der Waals surface area contributed by atoms with Gasteiger partial charge in [0, 0.05) is 6.20 Å². The SMILES string of the molecule is C=Cc1c(C)cnn1/C=C\C.CC. The minimum absolute atomic E-state index is 1.06. The first-order valence-corrected chi connectivity index (χ1v) is 4.59. The molecule has 1 aromatic rings. The van der Waals surface area contributed by atoms with E-state index < -0.39 is 0 Å². The minimum atomic E-state index is 1.06. The molecule has 0 amide bonds. The van der Waals surface area contributed by atoms with E-state index in [-0.39, 0.29) is 0 Å². The summed E-state index contributed by atoms with van der Waals surface area (Å²) in [5, 5.41) is 4.13. The minimum Gasteiger partial charge on any atom is -0.241 e. The van der Waals surface area contributed by atoms with Gasteiger partial charge in [0.15, 0.2) is 0 Å². The number of hydrogen-bond donors (Lipinski definition) is 0. The molecule has 0 radical (unpaired) electrons. The molecule has 72 valence electrons. The van der Waals surface area contributed by atoms with Crippen molar-refractivity contribution in [3.8, 4) is 0 Å². The summed E-state index contributed by atoms with van der Waals surface area (Å²) in [6, 6.07) is 0. The Morgan fingerprint density at radius 2 is 2.08 bits per heavy atom. The van der Waals surface area contributed by atoms with Crippen molar-refractivity contribution < 1.29 is 0 Å². The highest BCUT2D eigenvalue weighted by molar-refractivity contribution is 5.49. The summed E-state index contributed by atoms with van der Waals surface area (Å²) in [4.78, 5) is 0. The van der Waals surface area contributed by atoms with Gasteiger partial charge < -0.3 is 0 Å². The van der Waals surface area contributed by atoms with Gasteiger partial charge in [-0.15, -0.1) is 0 Å². The highest BCUT2D eigenvalue weighted by Crippen LogP contribution is 2.08. The van der Waals surface area contributed by atoms with Crippen molar-refractivity contribution in [2.75, 3.05) is 0 Å². The summed E-state index contributed by atoms with van der Waals surface area (Å²) < 4.78 is 1.81. The Balaban J connectivity index is 0.000000671. The van der Waals surface area contributed by atoms with Crippen molar-refractivity contribution in [3.63, 3.8) is 0 Å². The molecule has 0 aromatic carbocycles. The number of rotatable bonds is 2. The van der Waals surface area contributed by atoms with Crippen LogP contribution in [-0.2, 0) is 0 Å². The number of aryl methyl sites for hydroxylation is 1. The van der Waals surface area contributed by atoms with E-state index in [9.17, 15) is 0 Å². The van der Waals surface area contributed by atoms with E-state index in [2.05, 4.69) is 11.7 Å². The molecule has 0 fully saturated rings. The second kappa shape index (κ2) is 6.23. The molecule has 0 aliphatic rings. The van der Waals surface area contributed by atoms with Crippen LogP contribution in [0.15, 0.2) is 18.9 Å². The Morgan fingerprint density at radius 1 is 1.46 bits per heavy atom. The number of aromatic nitrogens is 2. The van der Waals surface area contributed by atoms with E-state index in [4.69, 9.17) is 0 Å². The zero-order valence-electron chi connectivity index (χ0n) is 8.91. The molecule has 0 unspecified atom stereocenters. The van der Waals surface area contributed by atoms with Gasteiger partial charge in [-0.1, -0.05) is 26.5 Å². The topological polar surface area (TPSA) is 17.8 Å². The fraction of sp³-hybridized carbons (Fsp3) is 0.364.